The predicted molar refractivity (Wildman–Crippen MR) is 115 cm³/mol. The third-order valence-electron chi connectivity index (χ3n) is 4.26. The Hall–Kier alpha value is -2.88. The van der Waals surface area contributed by atoms with E-state index in [1.54, 1.807) is 31.2 Å². The third-order valence-corrected chi connectivity index (χ3v) is 7.53. The van der Waals surface area contributed by atoms with Crippen molar-refractivity contribution in [3.05, 3.63) is 78.4 Å². The molecule has 0 radical (unpaired) electrons. The van der Waals surface area contributed by atoms with Crippen molar-refractivity contribution in [2.45, 2.75) is 28.0 Å². The molecule has 0 saturated heterocycles. The number of benzene rings is 3. The molecule has 0 aromatic heterocycles. The molecule has 3 aromatic carbocycles. The fourth-order valence-corrected chi connectivity index (χ4v) is 5.87. The van der Waals surface area contributed by atoms with Gasteiger partial charge in [0.2, 0.25) is 9.84 Å². The number of sulfone groups is 1. The van der Waals surface area contributed by atoms with Crippen LogP contribution in [0.25, 0.3) is 0 Å². The molecule has 7 nitrogen and oxygen atoms in total. The molecule has 3 rings (SSSR count). The van der Waals surface area contributed by atoms with Crippen LogP contribution < -0.4 is 8.92 Å². The Balaban J connectivity index is 1.98. The summed E-state index contributed by atoms with van der Waals surface area (Å²) < 4.78 is 62.9. The van der Waals surface area contributed by atoms with Gasteiger partial charge in [0.05, 0.1) is 16.4 Å². The summed E-state index contributed by atoms with van der Waals surface area (Å²) in [6, 6.07) is 17.5. The van der Waals surface area contributed by atoms with E-state index in [-0.39, 0.29) is 28.8 Å². The van der Waals surface area contributed by atoms with E-state index in [1.807, 2.05) is 0 Å². The summed E-state index contributed by atoms with van der Waals surface area (Å²) in [5.41, 5.74) is 0.692. The van der Waals surface area contributed by atoms with Gasteiger partial charge in [0.25, 0.3) is 0 Å². The van der Waals surface area contributed by atoms with Crippen molar-refractivity contribution >= 4 is 20.0 Å². The van der Waals surface area contributed by atoms with Gasteiger partial charge >= 0.3 is 10.1 Å². The van der Waals surface area contributed by atoms with Gasteiger partial charge < -0.3 is 14.0 Å². The molecule has 0 unspecified atom stereocenters. The Kier molecular flexibility index (Phi) is 6.99. The van der Waals surface area contributed by atoms with Gasteiger partial charge in [-0.1, -0.05) is 30.3 Å². The van der Waals surface area contributed by atoms with Crippen LogP contribution in [0.5, 0.6) is 11.5 Å². The molecule has 164 valence electrons. The van der Waals surface area contributed by atoms with Gasteiger partial charge in [-0.05, 0) is 48.9 Å². The minimum Gasteiger partial charge on any atom is -0.493 e. The summed E-state index contributed by atoms with van der Waals surface area (Å²) in [6.45, 7) is 1.96. The topological polar surface area (TPSA) is 107 Å². The molecule has 0 atom stereocenters. The number of aliphatic hydroxyl groups is 1. The van der Waals surface area contributed by atoms with Crippen LogP contribution in [0.2, 0.25) is 0 Å². The molecule has 0 aliphatic rings. The second-order valence-corrected chi connectivity index (χ2v) is 10.1. The summed E-state index contributed by atoms with van der Waals surface area (Å²) in [4.78, 5) is -0.843. The zero-order valence-electron chi connectivity index (χ0n) is 16.8. The Labute approximate surface area is 181 Å². The fourth-order valence-electron chi connectivity index (χ4n) is 2.88. The predicted octanol–water partition coefficient (Wildman–Crippen LogP) is 3.36. The van der Waals surface area contributed by atoms with Crippen molar-refractivity contribution in [1.82, 2.24) is 0 Å². The Morgan fingerprint density at radius 1 is 0.806 bits per heavy atom. The second-order valence-electron chi connectivity index (χ2n) is 6.71. The summed E-state index contributed by atoms with van der Waals surface area (Å²) in [5.74, 6) is 0.370. The van der Waals surface area contributed by atoms with E-state index in [9.17, 15) is 16.8 Å². The molecular formula is C22H22O7S2. The molecule has 0 aliphatic heterocycles. The molecule has 1 N–H and O–H groups in total. The van der Waals surface area contributed by atoms with E-state index in [0.717, 1.165) is 0 Å². The molecule has 0 heterocycles. The zero-order valence-corrected chi connectivity index (χ0v) is 18.4. The molecule has 3 aromatic rings. The van der Waals surface area contributed by atoms with Crippen molar-refractivity contribution in [2.24, 2.45) is 0 Å². The van der Waals surface area contributed by atoms with Crippen molar-refractivity contribution in [3.8, 4) is 11.5 Å². The summed E-state index contributed by atoms with van der Waals surface area (Å²) in [5, 5.41) is 8.87. The van der Waals surface area contributed by atoms with Crippen LogP contribution in [0, 0.1) is 6.92 Å². The molecular weight excluding hydrogens is 440 g/mol. The maximum absolute atomic E-state index is 13.0. The van der Waals surface area contributed by atoms with Gasteiger partial charge in [-0.3, -0.25) is 0 Å². The highest BCUT2D eigenvalue weighted by Gasteiger charge is 2.29. The molecule has 0 bridgehead atoms. The highest BCUT2D eigenvalue weighted by atomic mass is 32.2. The molecule has 0 aliphatic carbocycles. The van der Waals surface area contributed by atoms with E-state index in [4.69, 9.17) is 14.0 Å². The quantitative estimate of drug-likeness (QED) is 0.384. The number of hydrogen-bond donors (Lipinski definition) is 1. The first-order valence-corrected chi connectivity index (χ1v) is 12.3. The summed E-state index contributed by atoms with van der Waals surface area (Å²) >= 11 is 0. The van der Waals surface area contributed by atoms with Gasteiger partial charge in [-0.15, -0.1) is 0 Å². The second kappa shape index (κ2) is 9.51. The molecule has 0 saturated carbocycles. The maximum Gasteiger partial charge on any atom is 0.340 e. The first-order valence-electron chi connectivity index (χ1n) is 9.43. The molecule has 0 amide bonds. The molecule has 9 heteroatoms. The van der Waals surface area contributed by atoms with Crippen LogP contribution in [-0.4, -0.2) is 35.2 Å². The normalized spacial score (nSPS) is 11.8. The van der Waals surface area contributed by atoms with Gasteiger partial charge in [0.1, 0.15) is 16.4 Å². The maximum atomic E-state index is 13.0. The van der Waals surface area contributed by atoms with Crippen molar-refractivity contribution in [2.75, 3.05) is 13.2 Å². The van der Waals surface area contributed by atoms with Crippen molar-refractivity contribution in [1.29, 1.82) is 0 Å². The van der Waals surface area contributed by atoms with Crippen molar-refractivity contribution < 1.29 is 30.9 Å². The van der Waals surface area contributed by atoms with Gasteiger partial charge in [0.15, 0.2) is 0 Å². The van der Waals surface area contributed by atoms with Gasteiger partial charge in [-0.25, -0.2) is 8.42 Å². The largest absolute Gasteiger partial charge is 0.493 e. The standard InChI is InChI=1S/C22H22O7S2/c1-17-14-18(28-13-7-12-23)16-19(15-17)29-31(26,27)22-11-6-5-10-21(22)30(24,25)20-8-3-2-4-9-20/h2-6,8-11,14-16,23H,7,12-13H2,1H3. The van der Waals surface area contributed by atoms with E-state index >= 15 is 0 Å². The van der Waals surface area contributed by atoms with Crippen LogP contribution in [0.15, 0.2) is 87.5 Å². The summed E-state index contributed by atoms with van der Waals surface area (Å²) in [7, 11) is -8.55. The number of aliphatic hydroxyl groups excluding tert-OH is 1. The Bertz CT molecular complexity index is 1250. The Morgan fingerprint density at radius 2 is 1.42 bits per heavy atom. The first kappa shape index (κ1) is 22.8. The van der Waals surface area contributed by atoms with E-state index in [0.29, 0.717) is 17.7 Å². The fraction of sp³-hybridized carbons (Fsp3) is 0.182. The minimum absolute atomic E-state index is 0.00842. The van der Waals surface area contributed by atoms with E-state index in [1.165, 1.54) is 48.5 Å². The lowest BCUT2D eigenvalue weighted by Gasteiger charge is -2.13. The van der Waals surface area contributed by atoms with Crippen LogP contribution in [0.4, 0.5) is 0 Å². The van der Waals surface area contributed by atoms with Gasteiger partial charge in [0, 0.05) is 19.1 Å². The number of aryl methyl sites for hydroxylation is 1. The lowest BCUT2D eigenvalue weighted by Crippen LogP contribution is -2.15. The van der Waals surface area contributed by atoms with Crippen LogP contribution in [0.1, 0.15) is 12.0 Å². The van der Waals surface area contributed by atoms with Crippen LogP contribution in [-0.2, 0) is 20.0 Å². The monoisotopic (exact) mass is 462 g/mol. The molecule has 31 heavy (non-hydrogen) atoms. The number of ether oxygens (including phenoxy) is 1. The smallest absolute Gasteiger partial charge is 0.340 e. The number of hydrogen-bond acceptors (Lipinski definition) is 7. The average molecular weight is 463 g/mol. The van der Waals surface area contributed by atoms with Crippen LogP contribution in [0.3, 0.4) is 0 Å². The zero-order chi connectivity index (χ0) is 22.5. The lowest BCUT2D eigenvalue weighted by molar-refractivity contribution is 0.233. The first-order chi connectivity index (χ1) is 14.7. The SMILES string of the molecule is Cc1cc(OCCCO)cc(OS(=O)(=O)c2ccccc2S(=O)(=O)c2ccccc2)c1. The number of rotatable bonds is 9. The van der Waals surface area contributed by atoms with Gasteiger partial charge in [-0.2, -0.15) is 8.42 Å². The Morgan fingerprint density at radius 3 is 2.10 bits per heavy atom. The lowest BCUT2D eigenvalue weighted by atomic mass is 10.2. The highest BCUT2D eigenvalue weighted by Crippen LogP contribution is 2.30. The molecule has 0 fully saturated rings. The minimum atomic E-state index is -4.47. The summed E-state index contributed by atoms with van der Waals surface area (Å²) in [6.07, 6.45) is 0.424. The van der Waals surface area contributed by atoms with E-state index in [2.05, 4.69) is 0 Å². The highest BCUT2D eigenvalue weighted by molar-refractivity contribution is 7.93. The van der Waals surface area contributed by atoms with Crippen LogP contribution >= 0.6 is 0 Å². The van der Waals surface area contributed by atoms with Crippen molar-refractivity contribution in [3.63, 3.8) is 0 Å². The molecule has 0 spiro atoms. The third kappa shape index (κ3) is 5.43. The van der Waals surface area contributed by atoms with E-state index < -0.39 is 24.9 Å². The average Bonchev–Trinajstić information content (AvgIpc) is 2.74.